The summed E-state index contributed by atoms with van der Waals surface area (Å²) in [5, 5.41) is 2.75. The predicted molar refractivity (Wildman–Crippen MR) is 189 cm³/mol. The van der Waals surface area contributed by atoms with Crippen molar-refractivity contribution >= 4 is 40.9 Å². The Hall–Kier alpha value is -3.60. The van der Waals surface area contributed by atoms with Gasteiger partial charge in [0.05, 0.1) is 19.1 Å². The van der Waals surface area contributed by atoms with Gasteiger partial charge in [0.25, 0.3) is 0 Å². The molecule has 1 aliphatic rings. The van der Waals surface area contributed by atoms with E-state index in [4.69, 9.17) is 9.47 Å². The van der Waals surface area contributed by atoms with Crippen LogP contribution < -0.4 is 10.2 Å². The summed E-state index contributed by atoms with van der Waals surface area (Å²) in [5.41, 5.74) is 1.39. The quantitative estimate of drug-likeness (QED) is 0.106. The number of ether oxygens (including phenoxy) is 2. The van der Waals surface area contributed by atoms with Crippen LogP contribution >= 0.6 is 0 Å². The van der Waals surface area contributed by atoms with E-state index < -0.39 is 12.0 Å². The first-order chi connectivity index (χ1) is 23.6. The lowest BCUT2D eigenvalue weighted by atomic mass is 9.83. The van der Waals surface area contributed by atoms with Gasteiger partial charge in [-0.2, -0.15) is 0 Å². The molecule has 11 heteroatoms. The molecule has 0 heterocycles. The predicted octanol–water partition coefficient (Wildman–Crippen LogP) is 5.85. The molecule has 1 aromatic carbocycles. The zero-order valence-electron chi connectivity index (χ0n) is 30.3. The van der Waals surface area contributed by atoms with E-state index in [0.29, 0.717) is 56.9 Å². The second kappa shape index (κ2) is 23.7. The highest BCUT2D eigenvalue weighted by Gasteiger charge is 2.28. The molecule has 49 heavy (non-hydrogen) atoms. The number of Topliss-reactive ketones (excluding diaryl/α,β-unsaturated/α-hetero) is 3. The number of rotatable bonds is 24. The molecular formula is C38H59N3O8. The monoisotopic (exact) mass is 685 g/mol. The third kappa shape index (κ3) is 16.1. The van der Waals surface area contributed by atoms with Crippen LogP contribution in [0.15, 0.2) is 24.3 Å². The van der Waals surface area contributed by atoms with E-state index in [-0.39, 0.29) is 55.4 Å². The van der Waals surface area contributed by atoms with E-state index in [9.17, 15) is 28.8 Å². The van der Waals surface area contributed by atoms with Gasteiger partial charge in [-0.25, -0.2) is 4.79 Å². The van der Waals surface area contributed by atoms with Crippen LogP contribution in [0.1, 0.15) is 109 Å². The van der Waals surface area contributed by atoms with Gasteiger partial charge in [-0.3, -0.25) is 24.0 Å². The number of carbonyl (C=O) groups is 6. The Labute approximate surface area is 292 Å². The molecular weight excluding hydrogens is 626 g/mol. The molecule has 1 aliphatic carbocycles. The van der Waals surface area contributed by atoms with Crippen molar-refractivity contribution in [2.75, 3.05) is 51.9 Å². The number of nitrogens with one attached hydrogen (secondary N) is 1. The zero-order valence-corrected chi connectivity index (χ0v) is 30.3. The molecule has 0 saturated heterocycles. The van der Waals surface area contributed by atoms with Crippen LogP contribution in [0.4, 0.5) is 10.5 Å². The van der Waals surface area contributed by atoms with Crippen LogP contribution in [0.25, 0.3) is 0 Å². The Balaban J connectivity index is 1.55. The van der Waals surface area contributed by atoms with Crippen LogP contribution in [0.3, 0.4) is 0 Å². The van der Waals surface area contributed by atoms with Crippen molar-refractivity contribution in [3.05, 3.63) is 29.8 Å². The Kier molecular flexibility index (Phi) is 20.1. The maximum atomic E-state index is 12.8. The molecule has 1 fully saturated rings. The average molecular weight is 686 g/mol. The summed E-state index contributed by atoms with van der Waals surface area (Å²) in [6.45, 7) is 5.75. The maximum absolute atomic E-state index is 12.8. The van der Waals surface area contributed by atoms with Crippen LogP contribution in [-0.4, -0.2) is 87.2 Å². The van der Waals surface area contributed by atoms with Crippen LogP contribution in [0.5, 0.6) is 0 Å². The maximum Gasteiger partial charge on any atom is 0.407 e. The first-order valence-electron chi connectivity index (χ1n) is 18.2. The lowest BCUT2D eigenvalue weighted by Gasteiger charge is -2.21. The molecule has 2 rings (SSSR count). The van der Waals surface area contributed by atoms with Gasteiger partial charge in [-0.05, 0) is 49.8 Å². The van der Waals surface area contributed by atoms with Gasteiger partial charge in [0, 0.05) is 71.1 Å². The molecule has 2 atom stereocenters. The summed E-state index contributed by atoms with van der Waals surface area (Å²) in [4.78, 5) is 77.1. The van der Waals surface area contributed by atoms with Crippen molar-refractivity contribution < 1.29 is 38.2 Å². The Morgan fingerprint density at radius 1 is 0.878 bits per heavy atom. The van der Waals surface area contributed by atoms with E-state index in [1.54, 1.807) is 38.4 Å². The van der Waals surface area contributed by atoms with Gasteiger partial charge in [-0.15, -0.1) is 0 Å². The van der Waals surface area contributed by atoms with Gasteiger partial charge in [0.15, 0.2) is 0 Å². The zero-order chi connectivity index (χ0) is 36.0. The number of unbranched alkanes of at least 4 members (excludes halogenated alkanes) is 3. The van der Waals surface area contributed by atoms with Crippen molar-refractivity contribution in [3.63, 3.8) is 0 Å². The molecule has 0 spiro atoms. The molecule has 0 aromatic heterocycles. The summed E-state index contributed by atoms with van der Waals surface area (Å²) >= 11 is 0. The Morgan fingerprint density at radius 2 is 1.59 bits per heavy atom. The van der Waals surface area contributed by atoms with E-state index in [2.05, 4.69) is 12.2 Å². The number of anilines is 1. The third-order valence-electron chi connectivity index (χ3n) is 9.19. The molecule has 11 nitrogen and oxygen atoms in total. The molecule has 2 unspecified atom stereocenters. The Bertz CT molecular complexity index is 1200. The van der Waals surface area contributed by atoms with Crippen LogP contribution in [0.2, 0.25) is 0 Å². The van der Waals surface area contributed by atoms with E-state index in [1.165, 1.54) is 9.80 Å². The van der Waals surface area contributed by atoms with Crippen molar-refractivity contribution in [2.45, 2.75) is 110 Å². The van der Waals surface area contributed by atoms with Crippen molar-refractivity contribution in [2.24, 2.45) is 11.8 Å². The largest absolute Gasteiger partial charge is 0.449 e. The highest BCUT2D eigenvalue weighted by Crippen LogP contribution is 2.24. The molecule has 1 saturated carbocycles. The summed E-state index contributed by atoms with van der Waals surface area (Å²) in [7, 11) is 3.22. The standard InChI is InChI=1S/C38H59N3O8/c1-5-7-8-14-30(33(42)6-2)15-11-12-22-39-38(47)49-25-13-24-48-26-23-40(3)36(45)28-37(46)41(4)31-20-18-29(19-21-31)27-35(44)32-16-9-10-17-34(32)43/h18-21,30,32H,5-17,22-28H2,1-4H3,(H,39,47). The van der Waals surface area contributed by atoms with Gasteiger partial charge >= 0.3 is 6.09 Å². The lowest BCUT2D eigenvalue weighted by molar-refractivity contribution is -0.135. The smallest absolute Gasteiger partial charge is 0.407 e. The van der Waals surface area contributed by atoms with E-state index in [0.717, 1.165) is 63.4 Å². The van der Waals surface area contributed by atoms with E-state index >= 15 is 0 Å². The number of benzene rings is 1. The summed E-state index contributed by atoms with van der Waals surface area (Å²) in [5.74, 6) is -0.732. The topological polar surface area (TPSA) is 139 Å². The van der Waals surface area contributed by atoms with Gasteiger partial charge < -0.3 is 24.6 Å². The number of carbonyl (C=O) groups excluding carboxylic acids is 6. The number of nitrogens with zero attached hydrogens (tertiary/aromatic N) is 2. The number of ketones is 3. The fourth-order valence-corrected chi connectivity index (χ4v) is 5.92. The number of likely N-dealkylation sites (N-methyl/N-ethyl adjacent to an activating group) is 1. The minimum absolute atomic E-state index is 0.0395. The van der Waals surface area contributed by atoms with Crippen molar-refractivity contribution in [1.82, 2.24) is 10.2 Å². The normalized spacial score (nSPS) is 14.9. The summed E-state index contributed by atoms with van der Waals surface area (Å²) in [6, 6.07) is 7.03. The average Bonchev–Trinajstić information content (AvgIpc) is 3.09. The molecule has 3 amide bonds. The van der Waals surface area contributed by atoms with Crippen molar-refractivity contribution in [1.29, 1.82) is 0 Å². The van der Waals surface area contributed by atoms with Crippen molar-refractivity contribution in [3.8, 4) is 0 Å². The number of alkyl carbamates (subject to hydrolysis) is 1. The second-order valence-corrected chi connectivity index (χ2v) is 13.1. The Morgan fingerprint density at radius 3 is 2.27 bits per heavy atom. The van der Waals surface area contributed by atoms with Gasteiger partial charge in [0.2, 0.25) is 11.8 Å². The summed E-state index contributed by atoms with van der Waals surface area (Å²) in [6.07, 6.45) is 10.3. The van der Waals surface area contributed by atoms with Crippen LogP contribution in [-0.2, 0) is 39.9 Å². The van der Waals surface area contributed by atoms with Gasteiger partial charge in [-0.1, -0.05) is 58.1 Å². The first kappa shape index (κ1) is 41.6. The van der Waals surface area contributed by atoms with Crippen LogP contribution in [0, 0.1) is 11.8 Å². The second-order valence-electron chi connectivity index (χ2n) is 13.1. The molecule has 274 valence electrons. The molecule has 0 bridgehead atoms. The minimum atomic E-state index is -0.497. The first-order valence-corrected chi connectivity index (χ1v) is 18.2. The summed E-state index contributed by atoms with van der Waals surface area (Å²) < 4.78 is 10.8. The number of hydrogen-bond donors (Lipinski definition) is 1. The SMILES string of the molecule is CCCCCC(CCCCNC(=O)OCCCOCCN(C)C(=O)CC(=O)N(C)c1ccc(CC(=O)C2CCCCC2=O)cc1)C(=O)CC. The third-order valence-corrected chi connectivity index (χ3v) is 9.19. The highest BCUT2D eigenvalue weighted by atomic mass is 16.5. The number of hydrogen-bond acceptors (Lipinski definition) is 8. The fourth-order valence-electron chi connectivity index (χ4n) is 5.92. The lowest BCUT2D eigenvalue weighted by Crippen LogP contribution is -2.36. The molecule has 1 aromatic rings. The molecule has 0 aliphatic heterocycles. The molecule has 0 radical (unpaired) electrons. The van der Waals surface area contributed by atoms with E-state index in [1.807, 2.05) is 6.92 Å². The van der Waals surface area contributed by atoms with Gasteiger partial charge in [0.1, 0.15) is 23.8 Å². The minimum Gasteiger partial charge on any atom is -0.449 e. The number of amides is 3. The fraction of sp³-hybridized carbons (Fsp3) is 0.684. The highest BCUT2D eigenvalue weighted by molar-refractivity contribution is 6.05. The molecule has 1 N–H and O–H groups in total.